The van der Waals surface area contributed by atoms with E-state index in [1.165, 1.54) is 5.69 Å². The summed E-state index contributed by atoms with van der Waals surface area (Å²) in [5.74, 6) is -2.04. The number of hydrogen-bond donors (Lipinski definition) is 1. The summed E-state index contributed by atoms with van der Waals surface area (Å²) in [6.45, 7) is 3.61. The number of para-hydroxylation sites is 1. The number of benzene rings is 2. The maximum Gasteiger partial charge on any atom is 0.190 e. The molecule has 0 bridgehead atoms. The fourth-order valence-corrected chi connectivity index (χ4v) is 3.43. The van der Waals surface area contributed by atoms with E-state index in [0.29, 0.717) is 11.0 Å². The smallest absolute Gasteiger partial charge is 0.190 e. The van der Waals surface area contributed by atoms with Crippen LogP contribution in [0.4, 0.5) is 14.5 Å². The first-order valence-electron chi connectivity index (χ1n) is 8.50. The number of β-amino-alcohol motifs (C(OH)–C–C–N with tert-alkyl or cyclic N) is 1. The minimum absolute atomic E-state index is 0.158. The van der Waals surface area contributed by atoms with Gasteiger partial charge in [-0.05, 0) is 24.3 Å². The fourth-order valence-electron chi connectivity index (χ4n) is 3.02. The zero-order valence-corrected chi connectivity index (χ0v) is 15.8. The Morgan fingerprint density at radius 1 is 1.04 bits per heavy atom. The van der Waals surface area contributed by atoms with Crippen LogP contribution in [0.1, 0.15) is 0 Å². The molecule has 2 aromatic rings. The van der Waals surface area contributed by atoms with Crippen molar-refractivity contribution in [3.8, 4) is 5.75 Å². The van der Waals surface area contributed by atoms with Gasteiger partial charge in [-0.2, -0.15) is 0 Å². The molecule has 7 heteroatoms. The van der Waals surface area contributed by atoms with Gasteiger partial charge >= 0.3 is 0 Å². The molecule has 1 atom stereocenters. The van der Waals surface area contributed by atoms with Gasteiger partial charge in [-0.15, -0.1) is 0 Å². The number of piperazine rings is 1. The van der Waals surface area contributed by atoms with Crippen LogP contribution in [0, 0.1) is 11.6 Å². The maximum absolute atomic E-state index is 13.7. The van der Waals surface area contributed by atoms with Crippen LogP contribution in [-0.2, 0) is 0 Å². The van der Waals surface area contributed by atoms with E-state index in [0.717, 1.165) is 38.3 Å². The van der Waals surface area contributed by atoms with Crippen molar-refractivity contribution in [2.24, 2.45) is 0 Å². The monoisotopic (exact) mass is 426 g/mol. The lowest BCUT2D eigenvalue weighted by atomic mass is 10.2. The molecule has 0 saturated carbocycles. The van der Waals surface area contributed by atoms with Gasteiger partial charge in [0, 0.05) is 42.9 Å². The molecule has 1 aliphatic heterocycles. The summed E-state index contributed by atoms with van der Waals surface area (Å²) in [5, 5.41) is 10.1. The normalized spacial score (nSPS) is 16.5. The minimum Gasteiger partial charge on any atom is -0.485 e. The number of nitrogens with zero attached hydrogens (tertiary/aromatic N) is 2. The lowest BCUT2D eigenvalue weighted by Gasteiger charge is -2.36. The summed E-state index contributed by atoms with van der Waals surface area (Å²) in [5.41, 5.74) is 1.19. The summed E-state index contributed by atoms with van der Waals surface area (Å²) in [6.07, 6.45) is -0.819. The van der Waals surface area contributed by atoms with Crippen molar-refractivity contribution in [2.75, 3.05) is 44.2 Å². The van der Waals surface area contributed by atoms with Gasteiger partial charge < -0.3 is 14.7 Å². The van der Waals surface area contributed by atoms with E-state index in [-0.39, 0.29) is 6.61 Å². The Hall–Kier alpha value is -1.70. The maximum atomic E-state index is 13.7. The Balaban J connectivity index is 1.45. The van der Waals surface area contributed by atoms with Gasteiger partial charge in [0.1, 0.15) is 12.7 Å². The molecule has 0 amide bonds. The third kappa shape index (κ3) is 4.93. The molecule has 1 N–H and O–H groups in total. The fraction of sp³-hybridized carbons (Fsp3) is 0.368. The zero-order valence-electron chi connectivity index (χ0n) is 14.2. The number of halogens is 3. The molecule has 1 fully saturated rings. The van der Waals surface area contributed by atoms with Crippen LogP contribution < -0.4 is 9.64 Å². The van der Waals surface area contributed by atoms with Gasteiger partial charge in [-0.25, -0.2) is 8.78 Å². The summed E-state index contributed by atoms with van der Waals surface area (Å²) in [7, 11) is 0. The molecule has 0 aliphatic carbocycles. The highest BCUT2D eigenvalue weighted by atomic mass is 79.9. The van der Waals surface area contributed by atoms with Crippen molar-refractivity contribution in [1.29, 1.82) is 0 Å². The second kappa shape index (κ2) is 8.79. The van der Waals surface area contributed by atoms with E-state index >= 15 is 0 Å². The van der Waals surface area contributed by atoms with Gasteiger partial charge in [-0.1, -0.05) is 34.1 Å². The van der Waals surface area contributed by atoms with Crippen molar-refractivity contribution < 1.29 is 18.6 Å². The number of aliphatic hydroxyl groups is 1. The lowest BCUT2D eigenvalue weighted by Crippen LogP contribution is -2.49. The predicted octanol–water partition coefficient (Wildman–Crippen LogP) is 3.29. The third-order valence-electron chi connectivity index (χ3n) is 4.35. The quantitative estimate of drug-likeness (QED) is 0.768. The predicted molar refractivity (Wildman–Crippen MR) is 101 cm³/mol. The Bertz CT molecular complexity index is 702. The molecule has 4 nitrogen and oxygen atoms in total. The summed E-state index contributed by atoms with van der Waals surface area (Å²) in [4.78, 5) is 4.42. The SMILES string of the molecule is O[C@H](COc1c(F)cc(Br)cc1F)CN1CCN(c2ccccc2)CC1. The topological polar surface area (TPSA) is 35.9 Å². The number of hydrogen-bond acceptors (Lipinski definition) is 4. The van der Waals surface area contributed by atoms with Crippen molar-refractivity contribution in [3.05, 3.63) is 58.6 Å². The van der Waals surface area contributed by atoms with Gasteiger partial charge in [0.15, 0.2) is 17.4 Å². The first-order valence-corrected chi connectivity index (χ1v) is 9.30. The molecule has 1 saturated heterocycles. The highest BCUT2D eigenvalue weighted by Gasteiger charge is 2.20. The van der Waals surface area contributed by atoms with Crippen molar-refractivity contribution >= 4 is 21.6 Å². The molecular weight excluding hydrogens is 406 g/mol. The van der Waals surface area contributed by atoms with Gasteiger partial charge in [0.05, 0.1) is 0 Å². The zero-order chi connectivity index (χ0) is 18.5. The standard InChI is InChI=1S/C19H21BrF2N2O2/c20-14-10-17(21)19(18(22)11-14)26-13-16(25)12-23-6-8-24(9-7-23)15-4-2-1-3-5-15/h1-5,10-11,16,25H,6-9,12-13H2/t16-/m0/s1. The van der Waals surface area contributed by atoms with E-state index in [2.05, 4.69) is 37.9 Å². The van der Waals surface area contributed by atoms with Crippen LogP contribution in [0.5, 0.6) is 5.75 Å². The third-order valence-corrected chi connectivity index (χ3v) is 4.80. The van der Waals surface area contributed by atoms with Crippen LogP contribution in [-0.4, -0.2) is 55.4 Å². The number of ether oxygens (including phenoxy) is 1. The molecule has 3 rings (SSSR count). The largest absolute Gasteiger partial charge is 0.485 e. The molecular formula is C19H21BrF2N2O2. The van der Waals surface area contributed by atoms with Gasteiger partial charge in [-0.3, -0.25) is 4.90 Å². The molecule has 0 spiro atoms. The molecule has 0 unspecified atom stereocenters. The van der Waals surface area contributed by atoms with Crippen molar-refractivity contribution in [1.82, 2.24) is 4.90 Å². The van der Waals surface area contributed by atoms with Crippen molar-refractivity contribution in [3.63, 3.8) is 0 Å². The van der Waals surface area contributed by atoms with E-state index in [4.69, 9.17) is 4.74 Å². The van der Waals surface area contributed by atoms with Crippen LogP contribution in [0.15, 0.2) is 46.9 Å². The highest BCUT2D eigenvalue weighted by molar-refractivity contribution is 9.10. The molecule has 140 valence electrons. The molecule has 1 heterocycles. The van der Waals surface area contributed by atoms with Crippen LogP contribution in [0.25, 0.3) is 0 Å². The Labute approximate surface area is 160 Å². The summed E-state index contributed by atoms with van der Waals surface area (Å²) in [6, 6.07) is 12.5. The molecule has 2 aromatic carbocycles. The average molecular weight is 427 g/mol. The van der Waals surface area contributed by atoms with Gasteiger partial charge in [0.25, 0.3) is 0 Å². The molecule has 0 aromatic heterocycles. The Kier molecular flexibility index (Phi) is 6.45. The summed E-state index contributed by atoms with van der Waals surface area (Å²) >= 11 is 3.02. The van der Waals surface area contributed by atoms with Gasteiger partial charge in [0.2, 0.25) is 0 Å². The first kappa shape index (κ1) is 19.1. The second-order valence-corrected chi connectivity index (χ2v) is 7.20. The van der Waals surface area contributed by atoms with E-state index in [1.54, 1.807) is 0 Å². The Morgan fingerprint density at radius 3 is 2.27 bits per heavy atom. The van der Waals surface area contributed by atoms with E-state index in [1.807, 2.05) is 18.2 Å². The van der Waals surface area contributed by atoms with Crippen LogP contribution in [0.2, 0.25) is 0 Å². The molecule has 1 aliphatic rings. The lowest BCUT2D eigenvalue weighted by molar-refractivity contribution is 0.0634. The number of rotatable bonds is 6. The second-order valence-electron chi connectivity index (χ2n) is 6.29. The van der Waals surface area contributed by atoms with E-state index < -0.39 is 23.5 Å². The average Bonchev–Trinajstić information content (AvgIpc) is 2.62. The molecule has 0 radical (unpaired) electrons. The first-order chi connectivity index (χ1) is 12.5. The Morgan fingerprint density at radius 2 is 1.65 bits per heavy atom. The number of anilines is 1. The van der Waals surface area contributed by atoms with E-state index in [9.17, 15) is 13.9 Å². The molecule has 26 heavy (non-hydrogen) atoms. The van der Waals surface area contributed by atoms with Crippen LogP contribution >= 0.6 is 15.9 Å². The minimum atomic E-state index is -0.819. The number of aliphatic hydroxyl groups excluding tert-OH is 1. The van der Waals surface area contributed by atoms with Crippen LogP contribution in [0.3, 0.4) is 0 Å². The summed E-state index contributed by atoms with van der Waals surface area (Å²) < 4.78 is 32.9. The van der Waals surface area contributed by atoms with Crippen molar-refractivity contribution in [2.45, 2.75) is 6.10 Å². The highest BCUT2D eigenvalue weighted by Crippen LogP contribution is 2.26.